The summed E-state index contributed by atoms with van der Waals surface area (Å²) in [5.41, 5.74) is 1.19. The summed E-state index contributed by atoms with van der Waals surface area (Å²) in [5, 5.41) is 8.39. The van der Waals surface area contributed by atoms with Crippen LogP contribution in [0.5, 0.6) is 0 Å². The van der Waals surface area contributed by atoms with Crippen LogP contribution in [0.15, 0.2) is 36.4 Å². The molecule has 0 N–H and O–H groups in total. The summed E-state index contributed by atoms with van der Waals surface area (Å²) in [6, 6.07) is 10.0. The summed E-state index contributed by atoms with van der Waals surface area (Å²) >= 11 is 0. The van der Waals surface area contributed by atoms with Gasteiger partial charge in [-0.2, -0.15) is 0 Å². The van der Waals surface area contributed by atoms with E-state index in [0.717, 1.165) is 37.3 Å². The second-order valence-electron chi connectivity index (χ2n) is 6.68. The van der Waals surface area contributed by atoms with Gasteiger partial charge in [-0.05, 0) is 55.5 Å². The Labute approximate surface area is 146 Å². The van der Waals surface area contributed by atoms with Crippen molar-refractivity contribution in [1.82, 2.24) is 15.1 Å². The second-order valence-corrected chi connectivity index (χ2v) is 6.68. The van der Waals surface area contributed by atoms with Gasteiger partial charge in [-0.1, -0.05) is 12.1 Å². The van der Waals surface area contributed by atoms with Crippen molar-refractivity contribution in [2.24, 2.45) is 0 Å². The van der Waals surface area contributed by atoms with Gasteiger partial charge >= 0.3 is 0 Å². The zero-order valence-corrected chi connectivity index (χ0v) is 14.1. The van der Waals surface area contributed by atoms with Crippen LogP contribution in [-0.4, -0.2) is 40.6 Å². The third-order valence-electron chi connectivity index (χ3n) is 5.05. The molecule has 4 rings (SSSR count). The molecule has 130 valence electrons. The van der Waals surface area contributed by atoms with E-state index in [9.17, 15) is 9.18 Å². The standard InChI is InChI=1S/C19H21FN4O/c20-15-6-3-5-14(13-15)17-7-4-12-24(17)19(25)16-8-9-18(22-21-16)23-10-1-2-11-23/h3,5-6,8-9,13,17H,1-2,4,7,10-12H2/t17-/m0/s1. The lowest BCUT2D eigenvalue weighted by molar-refractivity contribution is 0.0728. The Bertz CT molecular complexity index is 758. The summed E-state index contributed by atoms with van der Waals surface area (Å²) in [5.74, 6) is 0.427. The number of aromatic nitrogens is 2. The van der Waals surface area contributed by atoms with Crippen molar-refractivity contribution in [2.45, 2.75) is 31.7 Å². The number of hydrogen-bond acceptors (Lipinski definition) is 4. The van der Waals surface area contributed by atoms with Gasteiger partial charge in [0.1, 0.15) is 5.82 Å². The third-order valence-corrected chi connectivity index (χ3v) is 5.05. The first-order valence-electron chi connectivity index (χ1n) is 8.87. The highest BCUT2D eigenvalue weighted by Crippen LogP contribution is 2.33. The molecule has 5 nitrogen and oxygen atoms in total. The molecule has 25 heavy (non-hydrogen) atoms. The van der Waals surface area contributed by atoms with Crippen molar-refractivity contribution in [3.05, 3.63) is 53.5 Å². The molecule has 1 aromatic heterocycles. The summed E-state index contributed by atoms with van der Waals surface area (Å²) in [6.07, 6.45) is 4.09. The lowest BCUT2D eigenvalue weighted by Gasteiger charge is -2.25. The van der Waals surface area contributed by atoms with Crippen molar-refractivity contribution in [3.8, 4) is 0 Å². The predicted octanol–water partition coefficient (Wildman–Crippen LogP) is 3.19. The normalized spacial score (nSPS) is 20.3. The smallest absolute Gasteiger partial charge is 0.274 e. The predicted molar refractivity (Wildman–Crippen MR) is 92.9 cm³/mol. The summed E-state index contributed by atoms with van der Waals surface area (Å²) < 4.78 is 13.5. The molecule has 3 heterocycles. The minimum Gasteiger partial charge on any atom is -0.355 e. The number of rotatable bonds is 3. The molecule has 2 fully saturated rings. The number of likely N-dealkylation sites (tertiary alicyclic amines) is 1. The van der Waals surface area contributed by atoms with Crippen LogP contribution in [0.4, 0.5) is 10.2 Å². The molecule has 0 aliphatic carbocycles. The fourth-order valence-electron chi connectivity index (χ4n) is 3.77. The highest BCUT2D eigenvalue weighted by Gasteiger charge is 2.31. The quantitative estimate of drug-likeness (QED) is 0.861. The fourth-order valence-corrected chi connectivity index (χ4v) is 3.77. The van der Waals surface area contributed by atoms with E-state index in [4.69, 9.17) is 0 Å². The van der Waals surface area contributed by atoms with Crippen molar-refractivity contribution in [3.63, 3.8) is 0 Å². The first-order chi connectivity index (χ1) is 12.2. The monoisotopic (exact) mass is 340 g/mol. The topological polar surface area (TPSA) is 49.3 Å². The van der Waals surface area contributed by atoms with E-state index < -0.39 is 0 Å². The number of carbonyl (C=O) groups is 1. The molecule has 0 spiro atoms. The van der Waals surface area contributed by atoms with Gasteiger partial charge in [0.2, 0.25) is 0 Å². The van der Waals surface area contributed by atoms with Crippen LogP contribution in [0.2, 0.25) is 0 Å². The van der Waals surface area contributed by atoms with Gasteiger partial charge in [0.05, 0.1) is 6.04 Å². The Balaban J connectivity index is 1.53. The van der Waals surface area contributed by atoms with Gasteiger partial charge in [0.15, 0.2) is 11.5 Å². The molecule has 2 aromatic rings. The van der Waals surface area contributed by atoms with Crippen LogP contribution in [0.1, 0.15) is 47.8 Å². The fraction of sp³-hybridized carbons (Fsp3) is 0.421. The van der Waals surface area contributed by atoms with Crippen LogP contribution < -0.4 is 4.90 Å². The molecule has 2 saturated heterocycles. The van der Waals surface area contributed by atoms with Crippen LogP contribution >= 0.6 is 0 Å². The molecule has 2 aliphatic heterocycles. The Morgan fingerprint density at radius 3 is 2.60 bits per heavy atom. The highest BCUT2D eigenvalue weighted by molar-refractivity contribution is 5.92. The number of hydrogen-bond donors (Lipinski definition) is 0. The van der Waals surface area contributed by atoms with Gasteiger partial charge < -0.3 is 9.80 Å². The van der Waals surface area contributed by atoms with Crippen molar-refractivity contribution >= 4 is 11.7 Å². The number of nitrogens with zero attached hydrogens (tertiary/aromatic N) is 4. The summed E-state index contributed by atoms with van der Waals surface area (Å²) in [7, 11) is 0. The van der Waals surface area contributed by atoms with Gasteiger partial charge in [0, 0.05) is 19.6 Å². The minimum atomic E-state index is -0.272. The van der Waals surface area contributed by atoms with E-state index in [2.05, 4.69) is 15.1 Å². The van der Waals surface area contributed by atoms with Gasteiger partial charge in [-0.3, -0.25) is 4.79 Å². The highest BCUT2D eigenvalue weighted by atomic mass is 19.1. The largest absolute Gasteiger partial charge is 0.355 e. The van der Waals surface area contributed by atoms with Gasteiger partial charge in [-0.25, -0.2) is 4.39 Å². The van der Waals surface area contributed by atoms with Crippen molar-refractivity contribution in [1.29, 1.82) is 0 Å². The van der Waals surface area contributed by atoms with Crippen LogP contribution in [0, 0.1) is 5.82 Å². The van der Waals surface area contributed by atoms with Crippen molar-refractivity contribution in [2.75, 3.05) is 24.5 Å². The molecule has 1 atom stereocenters. The SMILES string of the molecule is O=C(c1ccc(N2CCCC2)nn1)N1CCC[C@H]1c1cccc(F)c1. The lowest BCUT2D eigenvalue weighted by atomic mass is 10.0. The number of halogens is 1. The molecule has 0 saturated carbocycles. The Morgan fingerprint density at radius 1 is 1.04 bits per heavy atom. The van der Waals surface area contributed by atoms with Crippen molar-refractivity contribution < 1.29 is 9.18 Å². The average Bonchev–Trinajstić information content (AvgIpc) is 3.33. The Hall–Kier alpha value is -2.50. The number of carbonyl (C=O) groups excluding carboxylic acids is 1. The first-order valence-corrected chi connectivity index (χ1v) is 8.87. The molecular weight excluding hydrogens is 319 g/mol. The van der Waals surface area contributed by atoms with E-state index in [-0.39, 0.29) is 17.8 Å². The zero-order chi connectivity index (χ0) is 17.2. The van der Waals surface area contributed by atoms with Gasteiger partial charge in [-0.15, -0.1) is 10.2 Å². The maximum absolute atomic E-state index is 13.5. The lowest BCUT2D eigenvalue weighted by Crippen LogP contribution is -2.31. The number of benzene rings is 1. The molecule has 0 radical (unpaired) electrons. The summed E-state index contributed by atoms with van der Waals surface area (Å²) in [4.78, 5) is 16.8. The maximum atomic E-state index is 13.5. The number of anilines is 1. The van der Waals surface area contributed by atoms with Gasteiger partial charge in [0.25, 0.3) is 5.91 Å². The maximum Gasteiger partial charge on any atom is 0.274 e. The van der Waals surface area contributed by atoms with E-state index in [1.165, 1.54) is 25.0 Å². The molecule has 6 heteroatoms. The summed E-state index contributed by atoms with van der Waals surface area (Å²) in [6.45, 7) is 2.65. The first kappa shape index (κ1) is 16.0. The van der Waals surface area contributed by atoms with E-state index in [1.54, 1.807) is 17.0 Å². The number of amides is 1. The molecule has 0 bridgehead atoms. The van der Waals surface area contributed by atoms with Crippen LogP contribution in [0.3, 0.4) is 0 Å². The molecule has 2 aliphatic rings. The zero-order valence-electron chi connectivity index (χ0n) is 14.1. The van der Waals surface area contributed by atoms with E-state index in [0.29, 0.717) is 12.2 Å². The molecule has 1 amide bonds. The Morgan fingerprint density at radius 2 is 1.88 bits per heavy atom. The molecular formula is C19H21FN4O. The second kappa shape index (κ2) is 6.78. The van der Waals surface area contributed by atoms with E-state index >= 15 is 0 Å². The van der Waals surface area contributed by atoms with Crippen LogP contribution in [0.25, 0.3) is 0 Å². The van der Waals surface area contributed by atoms with E-state index in [1.807, 2.05) is 12.1 Å². The Kier molecular flexibility index (Phi) is 4.34. The minimum absolute atomic E-state index is 0.0942. The average molecular weight is 340 g/mol. The molecule has 1 aromatic carbocycles. The third kappa shape index (κ3) is 3.21. The molecule has 0 unspecified atom stereocenters. The van der Waals surface area contributed by atoms with Crippen LogP contribution in [-0.2, 0) is 0 Å².